The van der Waals surface area contributed by atoms with Gasteiger partial charge in [-0.05, 0) is 28.5 Å². The van der Waals surface area contributed by atoms with E-state index in [9.17, 15) is 4.79 Å². The molecule has 1 heterocycles. The van der Waals surface area contributed by atoms with Crippen LogP contribution in [0.2, 0.25) is 0 Å². The number of hydrogen-bond acceptors (Lipinski definition) is 3. The van der Waals surface area contributed by atoms with Crippen LogP contribution in [-0.4, -0.2) is 20.7 Å². The van der Waals surface area contributed by atoms with Crippen molar-refractivity contribution < 1.29 is 4.79 Å². The Labute approximate surface area is 129 Å². The van der Waals surface area contributed by atoms with E-state index in [2.05, 4.69) is 50.3 Å². The van der Waals surface area contributed by atoms with Crippen LogP contribution in [0.25, 0.3) is 10.8 Å². The largest absolute Gasteiger partial charge is 0.369 e. The lowest BCUT2D eigenvalue weighted by Gasteiger charge is -2.06. The standard InChI is InChI=1S/C15H13BrN4O/c16-13-6-10(5-11-3-1-2-4-12(11)13)8-20-9-18-15(19-20)7-14(17)21/h1-6,9H,7-8H2,(H2,17,21). The predicted octanol–water partition coefficient (Wildman–Crippen LogP) is 2.27. The van der Waals surface area contributed by atoms with Gasteiger partial charge in [0.15, 0.2) is 5.82 Å². The lowest BCUT2D eigenvalue weighted by molar-refractivity contribution is -0.117. The van der Waals surface area contributed by atoms with Crippen LogP contribution in [0.15, 0.2) is 47.2 Å². The minimum Gasteiger partial charge on any atom is -0.369 e. The van der Waals surface area contributed by atoms with Crippen LogP contribution in [0.4, 0.5) is 0 Å². The first kappa shape index (κ1) is 13.8. The topological polar surface area (TPSA) is 73.8 Å². The van der Waals surface area contributed by atoms with E-state index >= 15 is 0 Å². The maximum Gasteiger partial charge on any atom is 0.225 e. The zero-order chi connectivity index (χ0) is 14.8. The molecule has 0 aliphatic rings. The SMILES string of the molecule is NC(=O)Cc1ncn(Cc2cc(Br)c3ccccc3c2)n1. The average molecular weight is 345 g/mol. The third-order valence-corrected chi connectivity index (χ3v) is 3.79. The Morgan fingerprint density at radius 3 is 2.90 bits per heavy atom. The van der Waals surface area contributed by atoms with Gasteiger partial charge in [-0.1, -0.05) is 40.2 Å². The van der Waals surface area contributed by atoms with Crippen molar-refractivity contribution in [3.8, 4) is 0 Å². The van der Waals surface area contributed by atoms with Gasteiger partial charge in [-0.2, -0.15) is 5.10 Å². The number of nitrogens with two attached hydrogens (primary N) is 1. The number of benzene rings is 2. The van der Waals surface area contributed by atoms with Gasteiger partial charge in [-0.3, -0.25) is 4.79 Å². The first-order valence-electron chi connectivity index (χ1n) is 6.45. The molecule has 0 saturated carbocycles. The number of amides is 1. The summed E-state index contributed by atoms with van der Waals surface area (Å²) in [7, 11) is 0. The highest BCUT2D eigenvalue weighted by Gasteiger charge is 2.06. The van der Waals surface area contributed by atoms with Crippen LogP contribution in [0, 0.1) is 0 Å². The zero-order valence-electron chi connectivity index (χ0n) is 11.2. The number of carbonyl (C=O) groups is 1. The van der Waals surface area contributed by atoms with Gasteiger partial charge in [-0.25, -0.2) is 9.67 Å². The lowest BCUT2D eigenvalue weighted by atomic mass is 10.1. The van der Waals surface area contributed by atoms with Crippen LogP contribution in [0.1, 0.15) is 11.4 Å². The van der Waals surface area contributed by atoms with Gasteiger partial charge in [0.1, 0.15) is 6.33 Å². The minimum absolute atomic E-state index is 0.0639. The van der Waals surface area contributed by atoms with Crippen molar-refractivity contribution in [1.29, 1.82) is 0 Å². The fourth-order valence-electron chi connectivity index (χ4n) is 2.25. The highest BCUT2D eigenvalue weighted by Crippen LogP contribution is 2.26. The van der Waals surface area contributed by atoms with E-state index in [0.717, 1.165) is 10.0 Å². The van der Waals surface area contributed by atoms with Crippen molar-refractivity contribution in [3.63, 3.8) is 0 Å². The Kier molecular flexibility index (Phi) is 3.70. The summed E-state index contributed by atoms with van der Waals surface area (Å²) in [5.74, 6) is 0.0172. The normalized spacial score (nSPS) is 10.9. The molecule has 2 N–H and O–H groups in total. The van der Waals surface area contributed by atoms with Crippen molar-refractivity contribution in [2.75, 3.05) is 0 Å². The molecule has 0 spiro atoms. The molecule has 0 bridgehead atoms. The fourth-order valence-corrected chi connectivity index (χ4v) is 2.90. The number of fused-ring (bicyclic) bond motifs is 1. The van der Waals surface area contributed by atoms with Crippen molar-refractivity contribution >= 4 is 32.6 Å². The molecular formula is C15H13BrN4O. The maximum atomic E-state index is 10.9. The number of primary amides is 1. The first-order chi connectivity index (χ1) is 10.1. The molecule has 2 aromatic carbocycles. The summed E-state index contributed by atoms with van der Waals surface area (Å²) >= 11 is 3.59. The average Bonchev–Trinajstić information content (AvgIpc) is 2.85. The molecule has 1 amide bonds. The molecule has 0 atom stereocenters. The highest BCUT2D eigenvalue weighted by atomic mass is 79.9. The van der Waals surface area contributed by atoms with Crippen LogP contribution in [-0.2, 0) is 17.8 Å². The highest BCUT2D eigenvalue weighted by molar-refractivity contribution is 9.10. The third-order valence-electron chi connectivity index (χ3n) is 3.13. The molecule has 5 nitrogen and oxygen atoms in total. The summed E-state index contributed by atoms with van der Waals surface area (Å²) in [6, 6.07) is 12.4. The molecule has 0 aliphatic carbocycles. The minimum atomic E-state index is -0.429. The van der Waals surface area contributed by atoms with Crippen LogP contribution < -0.4 is 5.73 Å². The van der Waals surface area contributed by atoms with E-state index < -0.39 is 5.91 Å². The Balaban J connectivity index is 1.87. The van der Waals surface area contributed by atoms with Gasteiger partial charge in [0.25, 0.3) is 0 Å². The smallest absolute Gasteiger partial charge is 0.225 e. The Morgan fingerprint density at radius 2 is 2.10 bits per heavy atom. The number of nitrogens with zero attached hydrogens (tertiary/aromatic N) is 3. The number of carbonyl (C=O) groups excluding carboxylic acids is 1. The van der Waals surface area contributed by atoms with E-state index in [-0.39, 0.29) is 6.42 Å². The van der Waals surface area contributed by atoms with Gasteiger partial charge < -0.3 is 5.73 Å². The molecule has 3 aromatic rings. The molecule has 0 saturated heterocycles. The van der Waals surface area contributed by atoms with Crippen molar-refractivity contribution in [2.24, 2.45) is 5.73 Å². The maximum absolute atomic E-state index is 10.9. The second-order valence-electron chi connectivity index (χ2n) is 4.80. The summed E-state index contributed by atoms with van der Waals surface area (Å²) in [4.78, 5) is 14.9. The van der Waals surface area contributed by atoms with Gasteiger partial charge in [-0.15, -0.1) is 0 Å². The van der Waals surface area contributed by atoms with Crippen LogP contribution in [0.5, 0.6) is 0 Å². The fraction of sp³-hybridized carbons (Fsp3) is 0.133. The van der Waals surface area contributed by atoms with E-state index in [1.54, 1.807) is 11.0 Å². The van der Waals surface area contributed by atoms with Crippen LogP contribution >= 0.6 is 15.9 Å². The number of rotatable bonds is 4. The van der Waals surface area contributed by atoms with E-state index in [0.29, 0.717) is 12.4 Å². The molecule has 0 fully saturated rings. The lowest BCUT2D eigenvalue weighted by Crippen LogP contribution is -2.15. The molecular weight excluding hydrogens is 332 g/mol. The molecule has 106 valence electrons. The summed E-state index contributed by atoms with van der Waals surface area (Å²) in [6.07, 6.45) is 1.68. The van der Waals surface area contributed by atoms with Crippen LogP contribution in [0.3, 0.4) is 0 Å². The Morgan fingerprint density at radius 1 is 1.29 bits per heavy atom. The quantitative estimate of drug-likeness (QED) is 0.788. The number of halogens is 1. The number of aromatic nitrogens is 3. The second kappa shape index (κ2) is 5.65. The molecule has 1 aromatic heterocycles. The third kappa shape index (κ3) is 3.11. The second-order valence-corrected chi connectivity index (χ2v) is 5.65. The van der Waals surface area contributed by atoms with E-state index in [1.165, 1.54) is 10.8 Å². The summed E-state index contributed by atoms with van der Waals surface area (Å²) in [5, 5.41) is 6.59. The summed E-state index contributed by atoms with van der Waals surface area (Å²) in [5.41, 5.74) is 6.24. The molecule has 6 heteroatoms. The molecule has 0 aliphatic heterocycles. The van der Waals surface area contributed by atoms with E-state index in [4.69, 9.17) is 5.73 Å². The van der Waals surface area contributed by atoms with Gasteiger partial charge >= 0.3 is 0 Å². The summed E-state index contributed by atoms with van der Waals surface area (Å²) < 4.78 is 2.75. The Bertz CT molecular complexity index is 812. The van der Waals surface area contributed by atoms with Gasteiger partial charge in [0.2, 0.25) is 5.91 Å². The Hall–Kier alpha value is -2.21. The number of hydrogen-bond donors (Lipinski definition) is 1. The molecule has 0 radical (unpaired) electrons. The van der Waals surface area contributed by atoms with Gasteiger partial charge in [0.05, 0.1) is 13.0 Å². The monoisotopic (exact) mass is 344 g/mol. The van der Waals surface area contributed by atoms with E-state index in [1.807, 2.05) is 12.1 Å². The van der Waals surface area contributed by atoms with Crippen molar-refractivity contribution in [2.45, 2.75) is 13.0 Å². The summed E-state index contributed by atoms with van der Waals surface area (Å²) in [6.45, 7) is 0.592. The molecule has 0 unspecified atom stereocenters. The molecule has 21 heavy (non-hydrogen) atoms. The van der Waals surface area contributed by atoms with Gasteiger partial charge in [0, 0.05) is 4.47 Å². The first-order valence-corrected chi connectivity index (χ1v) is 7.25. The zero-order valence-corrected chi connectivity index (χ0v) is 12.7. The van der Waals surface area contributed by atoms with Crippen molar-refractivity contribution in [3.05, 3.63) is 58.6 Å². The predicted molar refractivity (Wildman–Crippen MR) is 83.7 cm³/mol. The molecule has 3 rings (SSSR count). The van der Waals surface area contributed by atoms with Crippen molar-refractivity contribution in [1.82, 2.24) is 14.8 Å².